The zero-order chi connectivity index (χ0) is 17.3. The molecule has 4 aliphatic rings. The Morgan fingerprint density at radius 1 is 0.917 bits per heavy atom. The van der Waals surface area contributed by atoms with Crippen molar-refractivity contribution in [2.45, 2.75) is 84.0 Å². The minimum Gasteiger partial charge on any atom is -0.393 e. The topological polar surface area (TPSA) is 60.7 Å². The fraction of sp³-hybridized carbons (Fsp3) is 0.905. The Kier molecular flexibility index (Phi) is 3.95. The zero-order valence-corrected chi connectivity index (χ0v) is 15.4. The maximum Gasteiger partial charge on any atom is 0.0836 e. The Balaban J connectivity index is 1.73. The molecule has 4 fully saturated rings. The van der Waals surface area contributed by atoms with E-state index in [0.29, 0.717) is 18.3 Å². The average Bonchev–Trinajstić information content (AvgIpc) is 2.90. The van der Waals surface area contributed by atoms with Gasteiger partial charge in [-0.15, -0.1) is 0 Å². The summed E-state index contributed by atoms with van der Waals surface area (Å²) in [5.41, 5.74) is 1.86. The molecule has 3 N–H and O–H groups in total. The summed E-state index contributed by atoms with van der Waals surface area (Å²) in [4.78, 5) is 0. The van der Waals surface area contributed by atoms with E-state index < -0.39 is 12.2 Å². The van der Waals surface area contributed by atoms with E-state index in [1.807, 2.05) is 0 Å². The van der Waals surface area contributed by atoms with Crippen LogP contribution in [0.5, 0.6) is 0 Å². The lowest BCUT2D eigenvalue weighted by atomic mass is 9.43. The Morgan fingerprint density at radius 3 is 2.38 bits per heavy atom. The first-order chi connectivity index (χ1) is 11.3. The predicted molar refractivity (Wildman–Crippen MR) is 94.3 cm³/mol. The second-order valence-corrected chi connectivity index (χ2v) is 9.62. The molecule has 9 atom stereocenters. The van der Waals surface area contributed by atoms with E-state index in [1.165, 1.54) is 6.42 Å². The van der Waals surface area contributed by atoms with Crippen molar-refractivity contribution in [3.8, 4) is 0 Å². The third-order valence-corrected chi connectivity index (χ3v) is 8.92. The Morgan fingerprint density at radius 2 is 1.67 bits per heavy atom. The van der Waals surface area contributed by atoms with Crippen LogP contribution in [0.1, 0.15) is 65.7 Å². The largest absolute Gasteiger partial charge is 0.393 e. The maximum atomic E-state index is 11.1. The summed E-state index contributed by atoms with van der Waals surface area (Å²) in [6.45, 7) is 6.89. The second kappa shape index (κ2) is 5.56. The minimum absolute atomic E-state index is 0.0458. The highest BCUT2D eigenvalue weighted by molar-refractivity contribution is 5.25. The van der Waals surface area contributed by atoms with Crippen LogP contribution in [0.25, 0.3) is 0 Å². The van der Waals surface area contributed by atoms with Gasteiger partial charge in [0.1, 0.15) is 0 Å². The van der Waals surface area contributed by atoms with Crippen LogP contribution in [0.2, 0.25) is 0 Å². The van der Waals surface area contributed by atoms with Crippen molar-refractivity contribution in [3.63, 3.8) is 0 Å². The molecule has 24 heavy (non-hydrogen) atoms. The lowest BCUT2D eigenvalue weighted by molar-refractivity contribution is -0.217. The summed E-state index contributed by atoms with van der Waals surface area (Å²) in [5.74, 6) is 1.25. The molecule has 3 nitrogen and oxygen atoms in total. The highest BCUT2D eigenvalue weighted by Gasteiger charge is 2.63. The van der Waals surface area contributed by atoms with Crippen LogP contribution in [0.3, 0.4) is 0 Å². The van der Waals surface area contributed by atoms with Gasteiger partial charge in [-0.3, -0.25) is 0 Å². The van der Waals surface area contributed by atoms with Gasteiger partial charge in [-0.1, -0.05) is 25.5 Å². The van der Waals surface area contributed by atoms with Gasteiger partial charge < -0.3 is 15.3 Å². The van der Waals surface area contributed by atoms with E-state index >= 15 is 0 Å². The van der Waals surface area contributed by atoms with E-state index in [9.17, 15) is 15.3 Å². The maximum absolute atomic E-state index is 11.1. The van der Waals surface area contributed by atoms with E-state index in [0.717, 1.165) is 32.1 Å². The molecule has 4 rings (SSSR count). The van der Waals surface area contributed by atoms with Gasteiger partial charge in [-0.05, 0) is 86.4 Å². The molecule has 0 saturated heterocycles. The third kappa shape index (κ3) is 2.07. The van der Waals surface area contributed by atoms with Gasteiger partial charge in [0.2, 0.25) is 0 Å². The number of aliphatic hydroxyl groups is 3. The first-order valence-electron chi connectivity index (χ1n) is 10.0. The Bertz CT molecular complexity index is 543. The molecular weight excluding hydrogens is 300 g/mol. The summed E-state index contributed by atoms with van der Waals surface area (Å²) >= 11 is 0. The summed E-state index contributed by atoms with van der Waals surface area (Å²) < 4.78 is 0. The lowest BCUT2D eigenvalue weighted by Gasteiger charge is -2.63. The second-order valence-electron chi connectivity index (χ2n) is 9.62. The number of fused-ring (bicyclic) bond motifs is 5. The zero-order valence-electron chi connectivity index (χ0n) is 15.4. The van der Waals surface area contributed by atoms with Gasteiger partial charge in [0, 0.05) is 0 Å². The SMILES string of the molecule is C/C=C1\CC[C@H]2[C@@H]3[C@@H](O)[C@H](O)[C@H]4C[C@@H](O)CC[C@]4(C)[C@H]3CC[C@]12C. The molecule has 0 aliphatic heterocycles. The van der Waals surface area contributed by atoms with Crippen molar-refractivity contribution < 1.29 is 15.3 Å². The van der Waals surface area contributed by atoms with Crippen LogP contribution in [-0.2, 0) is 0 Å². The highest BCUT2D eigenvalue weighted by Crippen LogP contribution is 2.67. The fourth-order valence-electron chi connectivity index (χ4n) is 7.56. The summed E-state index contributed by atoms with van der Waals surface area (Å²) in [7, 11) is 0. The smallest absolute Gasteiger partial charge is 0.0836 e. The van der Waals surface area contributed by atoms with Crippen molar-refractivity contribution >= 4 is 0 Å². The minimum atomic E-state index is -0.678. The molecule has 136 valence electrons. The van der Waals surface area contributed by atoms with Gasteiger partial charge in [-0.2, -0.15) is 0 Å². The van der Waals surface area contributed by atoms with Gasteiger partial charge >= 0.3 is 0 Å². The number of hydrogen-bond donors (Lipinski definition) is 3. The Hall–Kier alpha value is -0.380. The molecule has 0 radical (unpaired) electrons. The summed E-state index contributed by atoms with van der Waals surface area (Å²) in [6.07, 6.45) is 7.86. The van der Waals surface area contributed by atoms with Crippen molar-refractivity contribution in [1.82, 2.24) is 0 Å². The first kappa shape index (κ1) is 17.1. The molecule has 3 heteroatoms. The number of allylic oxidation sites excluding steroid dienone is 2. The molecule has 0 unspecified atom stereocenters. The average molecular weight is 335 g/mol. The van der Waals surface area contributed by atoms with Crippen molar-refractivity contribution in [2.24, 2.45) is 34.5 Å². The van der Waals surface area contributed by atoms with Crippen LogP contribution < -0.4 is 0 Å². The van der Waals surface area contributed by atoms with Crippen LogP contribution >= 0.6 is 0 Å². The highest BCUT2D eigenvalue weighted by atomic mass is 16.3. The van der Waals surface area contributed by atoms with Gasteiger partial charge in [0.25, 0.3) is 0 Å². The monoisotopic (exact) mass is 334 g/mol. The molecule has 4 saturated carbocycles. The van der Waals surface area contributed by atoms with Gasteiger partial charge in [0.05, 0.1) is 18.3 Å². The molecule has 0 amide bonds. The van der Waals surface area contributed by atoms with Gasteiger partial charge in [0.15, 0.2) is 0 Å². The third-order valence-electron chi connectivity index (χ3n) is 8.92. The number of rotatable bonds is 0. The quantitative estimate of drug-likeness (QED) is 0.596. The van der Waals surface area contributed by atoms with E-state index in [4.69, 9.17) is 0 Å². The lowest BCUT2D eigenvalue weighted by Crippen LogP contribution is -2.63. The van der Waals surface area contributed by atoms with E-state index in [1.54, 1.807) is 5.57 Å². The predicted octanol–water partition coefficient (Wildman–Crippen LogP) is 3.28. The molecule has 0 aromatic heterocycles. The van der Waals surface area contributed by atoms with E-state index in [2.05, 4.69) is 26.8 Å². The summed E-state index contributed by atoms with van der Waals surface area (Å²) in [6, 6.07) is 0. The van der Waals surface area contributed by atoms with Crippen LogP contribution in [0.4, 0.5) is 0 Å². The van der Waals surface area contributed by atoms with Gasteiger partial charge in [-0.25, -0.2) is 0 Å². The van der Waals surface area contributed by atoms with Crippen LogP contribution in [0, 0.1) is 34.5 Å². The van der Waals surface area contributed by atoms with Crippen LogP contribution in [0.15, 0.2) is 11.6 Å². The molecule has 0 bridgehead atoms. The fourth-order valence-corrected chi connectivity index (χ4v) is 7.56. The molecule has 0 spiro atoms. The summed E-state index contributed by atoms with van der Waals surface area (Å²) in [5, 5.41) is 32.1. The van der Waals surface area contributed by atoms with E-state index in [-0.39, 0.29) is 28.8 Å². The van der Waals surface area contributed by atoms with Crippen LogP contribution in [-0.4, -0.2) is 33.6 Å². The van der Waals surface area contributed by atoms with Crippen molar-refractivity contribution in [3.05, 3.63) is 11.6 Å². The molecule has 0 heterocycles. The standard InChI is InChI=1S/C21H34O3/c1-4-12-5-6-14-17-15(8-10-20(12,14)2)21(3)9-7-13(22)11-16(21)18(23)19(17)24/h4,13-19,22-24H,5-11H2,1-3H3/b12-4+/t13-,14-,15-,16+,17-,18+,19+,20+,21+/m0/s1. The molecule has 0 aromatic carbocycles. The molecular formula is C21H34O3. The Labute approximate surface area is 146 Å². The normalized spacial score (nSPS) is 58.9. The number of aliphatic hydroxyl groups excluding tert-OH is 3. The molecule has 4 aliphatic carbocycles. The first-order valence-corrected chi connectivity index (χ1v) is 10.0. The van der Waals surface area contributed by atoms with Crippen molar-refractivity contribution in [1.29, 1.82) is 0 Å². The number of hydrogen-bond acceptors (Lipinski definition) is 3. The molecule has 0 aromatic rings. The van der Waals surface area contributed by atoms with Crippen molar-refractivity contribution in [2.75, 3.05) is 0 Å².